The molecule has 0 unspecified atom stereocenters. The van der Waals surface area contributed by atoms with E-state index in [2.05, 4.69) is 24.5 Å². The summed E-state index contributed by atoms with van der Waals surface area (Å²) in [7, 11) is 0. The lowest BCUT2D eigenvalue weighted by atomic mass is 9.95. The van der Waals surface area contributed by atoms with Crippen molar-refractivity contribution in [1.29, 1.82) is 0 Å². The number of ether oxygens (including phenoxy) is 1. The van der Waals surface area contributed by atoms with Crippen LogP contribution >= 0.6 is 0 Å². The molecule has 0 fully saturated rings. The zero-order chi connectivity index (χ0) is 27.4. The lowest BCUT2D eigenvalue weighted by Crippen LogP contribution is -2.51. The number of benzene rings is 2. The second-order valence-corrected chi connectivity index (χ2v) is 10.6. The highest BCUT2D eigenvalue weighted by molar-refractivity contribution is 6.03. The Morgan fingerprint density at radius 3 is 2.42 bits per heavy atom. The van der Waals surface area contributed by atoms with E-state index in [1.165, 1.54) is 0 Å². The van der Waals surface area contributed by atoms with Crippen LogP contribution in [0.15, 0.2) is 65.9 Å². The molecule has 2 aliphatic rings. The molecule has 0 saturated carbocycles. The number of likely N-dealkylation sites (N-methyl/N-ethyl adjacent to an activating group) is 1. The SMILES string of the molecule is CCN1C(=O)N[C@@H](c2cccc(Oc3ccccc3)c2)C2=C1CN([C@H](C(=O)NCCC(C)C)C(C)C)C2=O. The van der Waals surface area contributed by atoms with Crippen molar-refractivity contribution in [2.75, 3.05) is 19.6 Å². The molecule has 2 aromatic carbocycles. The van der Waals surface area contributed by atoms with Crippen molar-refractivity contribution in [2.24, 2.45) is 11.8 Å². The molecule has 2 heterocycles. The molecule has 2 atom stereocenters. The number of nitrogens with zero attached hydrogens (tertiary/aromatic N) is 2. The maximum Gasteiger partial charge on any atom is 0.322 e. The molecule has 4 amide bonds. The third-order valence-corrected chi connectivity index (χ3v) is 6.99. The first-order valence-electron chi connectivity index (χ1n) is 13.4. The molecule has 4 rings (SSSR count). The van der Waals surface area contributed by atoms with Gasteiger partial charge in [0.15, 0.2) is 0 Å². The first-order valence-corrected chi connectivity index (χ1v) is 13.4. The Morgan fingerprint density at radius 2 is 1.76 bits per heavy atom. The topological polar surface area (TPSA) is 91.0 Å². The Kier molecular flexibility index (Phi) is 8.39. The molecule has 2 aromatic rings. The number of para-hydroxylation sites is 1. The van der Waals surface area contributed by atoms with Crippen LogP contribution < -0.4 is 15.4 Å². The molecule has 0 radical (unpaired) electrons. The molecule has 38 heavy (non-hydrogen) atoms. The number of nitrogens with one attached hydrogen (secondary N) is 2. The number of rotatable bonds is 10. The monoisotopic (exact) mass is 518 g/mol. The largest absolute Gasteiger partial charge is 0.457 e. The number of urea groups is 1. The number of carbonyl (C=O) groups excluding carboxylic acids is 3. The molecule has 2 N–H and O–H groups in total. The lowest BCUT2D eigenvalue weighted by Gasteiger charge is -2.33. The Bertz CT molecular complexity index is 1210. The van der Waals surface area contributed by atoms with Gasteiger partial charge in [-0.3, -0.25) is 14.5 Å². The highest BCUT2D eigenvalue weighted by atomic mass is 16.5. The second kappa shape index (κ2) is 11.7. The minimum atomic E-state index is -0.645. The van der Waals surface area contributed by atoms with Gasteiger partial charge in [-0.05, 0) is 55.0 Å². The van der Waals surface area contributed by atoms with E-state index in [0.29, 0.717) is 41.8 Å². The van der Waals surface area contributed by atoms with Crippen LogP contribution in [0.4, 0.5) is 4.79 Å². The zero-order valence-corrected chi connectivity index (χ0v) is 22.9. The van der Waals surface area contributed by atoms with Crippen LogP contribution in [0, 0.1) is 11.8 Å². The van der Waals surface area contributed by atoms with Gasteiger partial charge in [-0.1, -0.05) is 58.0 Å². The zero-order valence-electron chi connectivity index (χ0n) is 22.9. The molecular weight excluding hydrogens is 480 g/mol. The van der Waals surface area contributed by atoms with Gasteiger partial charge in [-0.25, -0.2) is 4.79 Å². The summed E-state index contributed by atoms with van der Waals surface area (Å²) in [5.74, 6) is 1.28. The summed E-state index contributed by atoms with van der Waals surface area (Å²) >= 11 is 0. The van der Waals surface area contributed by atoms with Crippen LogP contribution in [0.3, 0.4) is 0 Å². The Hall–Kier alpha value is -3.81. The van der Waals surface area contributed by atoms with E-state index < -0.39 is 12.1 Å². The van der Waals surface area contributed by atoms with Crippen molar-refractivity contribution in [1.82, 2.24) is 20.4 Å². The van der Waals surface area contributed by atoms with E-state index in [4.69, 9.17) is 4.74 Å². The third-order valence-electron chi connectivity index (χ3n) is 6.99. The molecule has 0 aromatic heterocycles. The predicted molar refractivity (Wildman–Crippen MR) is 146 cm³/mol. The summed E-state index contributed by atoms with van der Waals surface area (Å²) in [4.78, 5) is 43.6. The minimum Gasteiger partial charge on any atom is -0.457 e. The predicted octanol–water partition coefficient (Wildman–Crippen LogP) is 4.85. The molecule has 0 bridgehead atoms. The van der Waals surface area contributed by atoms with Crippen molar-refractivity contribution >= 4 is 17.8 Å². The number of hydrogen-bond acceptors (Lipinski definition) is 4. The van der Waals surface area contributed by atoms with Crippen LogP contribution in [-0.4, -0.2) is 53.3 Å². The molecule has 8 nitrogen and oxygen atoms in total. The van der Waals surface area contributed by atoms with E-state index in [1.54, 1.807) is 9.80 Å². The fraction of sp³-hybridized carbons (Fsp3) is 0.433. The van der Waals surface area contributed by atoms with Gasteiger partial charge in [0, 0.05) is 13.1 Å². The van der Waals surface area contributed by atoms with Crippen LogP contribution in [0.25, 0.3) is 0 Å². The van der Waals surface area contributed by atoms with Crippen LogP contribution in [0.5, 0.6) is 11.5 Å². The Morgan fingerprint density at radius 1 is 1.05 bits per heavy atom. The number of hydrogen-bond donors (Lipinski definition) is 2. The molecule has 202 valence electrons. The Balaban J connectivity index is 1.64. The van der Waals surface area contributed by atoms with Gasteiger partial charge in [0.2, 0.25) is 5.91 Å². The van der Waals surface area contributed by atoms with E-state index in [-0.39, 0.29) is 30.3 Å². The van der Waals surface area contributed by atoms with Crippen molar-refractivity contribution in [3.8, 4) is 11.5 Å². The van der Waals surface area contributed by atoms with Gasteiger partial charge in [-0.15, -0.1) is 0 Å². The van der Waals surface area contributed by atoms with Gasteiger partial charge >= 0.3 is 6.03 Å². The van der Waals surface area contributed by atoms with Crippen molar-refractivity contribution in [2.45, 2.75) is 53.1 Å². The molecule has 0 spiro atoms. The van der Waals surface area contributed by atoms with Crippen LogP contribution in [-0.2, 0) is 9.59 Å². The third kappa shape index (κ3) is 5.69. The van der Waals surface area contributed by atoms with E-state index in [9.17, 15) is 14.4 Å². The summed E-state index contributed by atoms with van der Waals surface area (Å²) in [5.41, 5.74) is 1.90. The highest BCUT2D eigenvalue weighted by Gasteiger charge is 2.47. The molecule has 0 saturated heterocycles. The van der Waals surface area contributed by atoms with Crippen molar-refractivity contribution in [3.05, 3.63) is 71.4 Å². The van der Waals surface area contributed by atoms with Gasteiger partial charge in [0.05, 0.1) is 23.9 Å². The molecule has 2 aliphatic heterocycles. The lowest BCUT2D eigenvalue weighted by molar-refractivity contribution is -0.138. The van der Waals surface area contributed by atoms with Crippen molar-refractivity contribution < 1.29 is 19.1 Å². The summed E-state index contributed by atoms with van der Waals surface area (Å²) < 4.78 is 6.01. The van der Waals surface area contributed by atoms with Gasteiger partial charge in [-0.2, -0.15) is 0 Å². The highest BCUT2D eigenvalue weighted by Crippen LogP contribution is 2.38. The molecular formula is C30H38N4O4. The van der Waals surface area contributed by atoms with Gasteiger partial charge < -0.3 is 20.3 Å². The first-order chi connectivity index (χ1) is 18.2. The van der Waals surface area contributed by atoms with Crippen LogP contribution in [0.2, 0.25) is 0 Å². The number of carbonyl (C=O) groups is 3. The minimum absolute atomic E-state index is 0.0980. The average Bonchev–Trinajstić information content (AvgIpc) is 3.20. The van der Waals surface area contributed by atoms with E-state index >= 15 is 0 Å². The first kappa shape index (κ1) is 27.2. The standard InChI is InChI=1S/C30H38N4O4/c1-6-33-24-18-34(27(20(4)5)28(35)31-16-15-19(2)3)29(36)25(24)26(32-30(33)37)21-11-10-14-23(17-21)38-22-12-8-7-9-13-22/h7-14,17,19-20,26-27H,6,15-16,18H2,1-5H3,(H,31,35)(H,32,37)/t26-,27-/m0/s1. The molecule has 0 aliphatic carbocycles. The maximum atomic E-state index is 14.0. The van der Waals surface area contributed by atoms with E-state index in [0.717, 1.165) is 12.0 Å². The summed E-state index contributed by atoms with van der Waals surface area (Å²) in [6.45, 7) is 11.2. The average molecular weight is 519 g/mol. The summed E-state index contributed by atoms with van der Waals surface area (Å²) in [6, 6.07) is 15.3. The number of amides is 4. The van der Waals surface area contributed by atoms with Gasteiger partial charge in [0.1, 0.15) is 17.5 Å². The van der Waals surface area contributed by atoms with Gasteiger partial charge in [0.25, 0.3) is 5.91 Å². The quantitative estimate of drug-likeness (QED) is 0.471. The van der Waals surface area contributed by atoms with E-state index in [1.807, 2.05) is 75.4 Å². The summed E-state index contributed by atoms with van der Waals surface area (Å²) in [6.07, 6.45) is 0.866. The maximum absolute atomic E-state index is 14.0. The van der Waals surface area contributed by atoms with Crippen molar-refractivity contribution in [3.63, 3.8) is 0 Å². The Labute approximate surface area is 225 Å². The summed E-state index contributed by atoms with van der Waals surface area (Å²) in [5, 5.41) is 6.03. The molecule has 8 heteroatoms. The fourth-order valence-electron chi connectivity index (χ4n) is 5.10. The smallest absolute Gasteiger partial charge is 0.322 e. The second-order valence-electron chi connectivity index (χ2n) is 10.6. The normalized spacial score (nSPS) is 18.1. The van der Waals surface area contributed by atoms with Crippen LogP contribution in [0.1, 0.15) is 52.6 Å². The fourth-order valence-corrected chi connectivity index (χ4v) is 5.10.